The zero-order valence-corrected chi connectivity index (χ0v) is 15.4. The van der Waals surface area contributed by atoms with Crippen LogP contribution in [0.25, 0.3) is 17.4 Å². The lowest BCUT2D eigenvalue weighted by Crippen LogP contribution is -1.97. The van der Waals surface area contributed by atoms with E-state index in [4.69, 9.17) is 9.15 Å². The van der Waals surface area contributed by atoms with Gasteiger partial charge in [0.15, 0.2) is 5.76 Å². The zero-order valence-electron chi connectivity index (χ0n) is 13.8. The molecule has 0 N–H and O–H groups in total. The van der Waals surface area contributed by atoms with Crippen molar-refractivity contribution >= 4 is 27.8 Å². The fourth-order valence-corrected chi connectivity index (χ4v) is 3.20. The van der Waals surface area contributed by atoms with Crippen molar-refractivity contribution in [2.75, 3.05) is 0 Å². The highest BCUT2D eigenvalue weighted by atomic mass is 79.9. The van der Waals surface area contributed by atoms with Crippen molar-refractivity contribution in [3.05, 3.63) is 81.2 Å². The van der Waals surface area contributed by atoms with Crippen molar-refractivity contribution < 1.29 is 13.9 Å². The lowest BCUT2D eigenvalue weighted by Gasteiger charge is -2.02. The number of hydrogen-bond acceptors (Lipinski definition) is 3. The predicted molar refractivity (Wildman–Crippen MR) is 101 cm³/mol. The Kier molecular flexibility index (Phi) is 3.85. The molecule has 1 aliphatic heterocycles. The molecule has 2 heterocycles. The van der Waals surface area contributed by atoms with Gasteiger partial charge < -0.3 is 9.15 Å². The third kappa shape index (κ3) is 2.94. The number of carbonyl (C=O) groups excluding carboxylic acids is 1. The summed E-state index contributed by atoms with van der Waals surface area (Å²) >= 11 is 3.45. The molecular weight excluding hydrogens is 380 g/mol. The number of furan rings is 1. The van der Waals surface area contributed by atoms with E-state index >= 15 is 0 Å². The SMILES string of the molecule is Cc1cc2c(cc1C)C(=O)/C(=C/c1ccc(-c3cccc(Br)c3)o1)O2. The monoisotopic (exact) mass is 394 g/mol. The highest BCUT2D eigenvalue weighted by Gasteiger charge is 2.28. The molecule has 3 aromatic rings. The molecule has 3 nitrogen and oxygen atoms in total. The first-order valence-corrected chi connectivity index (χ1v) is 8.72. The fourth-order valence-electron chi connectivity index (χ4n) is 2.80. The number of carbonyl (C=O) groups is 1. The Balaban J connectivity index is 1.66. The molecule has 1 aromatic heterocycles. The molecule has 0 unspecified atom stereocenters. The molecule has 0 saturated carbocycles. The van der Waals surface area contributed by atoms with E-state index in [2.05, 4.69) is 15.9 Å². The second-order valence-corrected chi connectivity index (χ2v) is 7.00. The predicted octanol–water partition coefficient (Wildman–Crippen LogP) is 5.94. The normalized spacial score (nSPS) is 14.7. The van der Waals surface area contributed by atoms with E-state index in [1.807, 2.05) is 62.4 Å². The maximum absolute atomic E-state index is 12.5. The smallest absolute Gasteiger partial charge is 0.232 e. The number of aryl methyl sites for hydroxylation is 2. The molecule has 0 radical (unpaired) electrons. The van der Waals surface area contributed by atoms with E-state index in [9.17, 15) is 4.79 Å². The Bertz CT molecular complexity index is 1030. The molecule has 0 atom stereocenters. The number of rotatable bonds is 2. The first-order chi connectivity index (χ1) is 12.0. The number of ether oxygens (including phenoxy) is 1. The number of halogens is 1. The molecule has 0 amide bonds. The molecule has 1 aliphatic rings. The minimum atomic E-state index is -0.112. The molecule has 4 rings (SSSR count). The first kappa shape index (κ1) is 15.9. The van der Waals surface area contributed by atoms with Crippen LogP contribution in [0.2, 0.25) is 0 Å². The summed E-state index contributed by atoms with van der Waals surface area (Å²) < 4.78 is 12.6. The van der Waals surface area contributed by atoms with Gasteiger partial charge >= 0.3 is 0 Å². The Morgan fingerprint density at radius 2 is 1.80 bits per heavy atom. The van der Waals surface area contributed by atoms with Crippen LogP contribution >= 0.6 is 15.9 Å². The molecule has 0 fully saturated rings. The van der Waals surface area contributed by atoms with Gasteiger partial charge in [0, 0.05) is 16.1 Å². The van der Waals surface area contributed by atoms with Crippen LogP contribution in [0, 0.1) is 13.8 Å². The summed E-state index contributed by atoms with van der Waals surface area (Å²) in [7, 11) is 0. The largest absolute Gasteiger partial charge is 0.457 e. The molecule has 25 heavy (non-hydrogen) atoms. The molecule has 2 aromatic carbocycles. The van der Waals surface area contributed by atoms with Crippen LogP contribution in [0.5, 0.6) is 5.75 Å². The highest BCUT2D eigenvalue weighted by molar-refractivity contribution is 9.10. The average molecular weight is 395 g/mol. The van der Waals surface area contributed by atoms with Crippen LogP contribution in [0.3, 0.4) is 0 Å². The van der Waals surface area contributed by atoms with Crippen molar-refractivity contribution in [3.63, 3.8) is 0 Å². The van der Waals surface area contributed by atoms with Gasteiger partial charge in [0.2, 0.25) is 5.78 Å². The molecule has 0 saturated heterocycles. The third-order valence-electron chi connectivity index (χ3n) is 4.29. The summed E-state index contributed by atoms with van der Waals surface area (Å²) in [5, 5.41) is 0. The van der Waals surface area contributed by atoms with E-state index in [0.717, 1.165) is 26.9 Å². The quantitative estimate of drug-likeness (QED) is 0.504. The van der Waals surface area contributed by atoms with E-state index in [-0.39, 0.29) is 11.5 Å². The second kappa shape index (κ2) is 6.05. The number of fused-ring (bicyclic) bond motifs is 1. The standard InChI is InChI=1S/C21H15BrO3/c1-12-8-17-19(9-13(12)2)25-20(21(17)23)11-16-6-7-18(24-16)14-4-3-5-15(22)10-14/h3-11H,1-2H3/b20-11-. The first-order valence-electron chi connectivity index (χ1n) is 7.92. The number of Topliss-reactive ketones (excluding diaryl/α,β-unsaturated/α-hetero) is 1. The van der Waals surface area contributed by atoms with E-state index in [1.165, 1.54) is 0 Å². The highest BCUT2D eigenvalue weighted by Crippen LogP contribution is 2.34. The van der Waals surface area contributed by atoms with Crippen LogP contribution in [-0.4, -0.2) is 5.78 Å². The van der Waals surface area contributed by atoms with E-state index in [0.29, 0.717) is 17.1 Å². The molecule has 0 aliphatic carbocycles. The van der Waals surface area contributed by atoms with Gasteiger partial charge in [-0.1, -0.05) is 28.1 Å². The van der Waals surface area contributed by atoms with Gasteiger partial charge in [-0.15, -0.1) is 0 Å². The molecule has 0 spiro atoms. The van der Waals surface area contributed by atoms with Crippen molar-refractivity contribution in [1.82, 2.24) is 0 Å². The summed E-state index contributed by atoms with van der Waals surface area (Å²) in [6, 6.07) is 15.4. The van der Waals surface area contributed by atoms with Crippen LogP contribution in [0.1, 0.15) is 27.2 Å². The number of hydrogen-bond donors (Lipinski definition) is 0. The molecule has 124 valence electrons. The molecule has 0 bridgehead atoms. The van der Waals surface area contributed by atoms with Gasteiger partial charge in [-0.2, -0.15) is 0 Å². The summed E-state index contributed by atoms with van der Waals surface area (Å²) in [5.41, 5.74) is 3.75. The Labute approximate surface area is 154 Å². The van der Waals surface area contributed by atoms with Crippen LogP contribution < -0.4 is 4.74 Å². The maximum atomic E-state index is 12.5. The Morgan fingerprint density at radius 1 is 1.00 bits per heavy atom. The maximum Gasteiger partial charge on any atom is 0.232 e. The second-order valence-electron chi connectivity index (χ2n) is 6.08. The fraction of sp³-hybridized carbons (Fsp3) is 0.0952. The summed E-state index contributed by atoms with van der Waals surface area (Å²) in [5.74, 6) is 2.11. The van der Waals surface area contributed by atoms with Crippen LogP contribution in [0.15, 0.2) is 63.2 Å². The van der Waals surface area contributed by atoms with Gasteiger partial charge in [-0.25, -0.2) is 0 Å². The van der Waals surface area contributed by atoms with E-state index in [1.54, 1.807) is 6.08 Å². The minimum Gasteiger partial charge on any atom is -0.457 e. The number of ketones is 1. The third-order valence-corrected chi connectivity index (χ3v) is 4.79. The summed E-state index contributed by atoms with van der Waals surface area (Å²) in [4.78, 5) is 12.5. The van der Waals surface area contributed by atoms with Crippen molar-refractivity contribution in [3.8, 4) is 17.1 Å². The van der Waals surface area contributed by atoms with Gasteiger partial charge in [-0.3, -0.25) is 4.79 Å². The van der Waals surface area contributed by atoms with Crippen molar-refractivity contribution in [2.24, 2.45) is 0 Å². The summed E-state index contributed by atoms with van der Waals surface area (Å²) in [6.45, 7) is 3.99. The topological polar surface area (TPSA) is 39.4 Å². The average Bonchev–Trinajstić information content (AvgIpc) is 3.15. The van der Waals surface area contributed by atoms with Crippen LogP contribution in [-0.2, 0) is 0 Å². The van der Waals surface area contributed by atoms with Gasteiger partial charge in [0.1, 0.15) is 17.3 Å². The van der Waals surface area contributed by atoms with E-state index < -0.39 is 0 Å². The lowest BCUT2D eigenvalue weighted by molar-refractivity contribution is 0.101. The van der Waals surface area contributed by atoms with Crippen LogP contribution in [0.4, 0.5) is 0 Å². The number of allylic oxidation sites excluding steroid dienone is 1. The minimum absolute atomic E-state index is 0.112. The zero-order chi connectivity index (χ0) is 17.6. The Morgan fingerprint density at radius 3 is 2.60 bits per heavy atom. The van der Waals surface area contributed by atoms with Gasteiger partial charge in [0.25, 0.3) is 0 Å². The number of benzene rings is 2. The van der Waals surface area contributed by atoms with Gasteiger partial charge in [-0.05, 0) is 61.4 Å². The van der Waals surface area contributed by atoms with Crippen molar-refractivity contribution in [1.29, 1.82) is 0 Å². The molecule has 4 heteroatoms. The molecular formula is C21H15BrO3. The van der Waals surface area contributed by atoms with Gasteiger partial charge in [0.05, 0.1) is 5.56 Å². The van der Waals surface area contributed by atoms with Crippen molar-refractivity contribution in [2.45, 2.75) is 13.8 Å². The lowest BCUT2D eigenvalue weighted by atomic mass is 10.0. The Hall–Kier alpha value is -2.59. The summed E-state index contributed by atoms with van der Waals surface area (Å²) in [6.07, 6.45) is 1.65.